The van der Waals surface area contributed by atoms with Gasteiger partial charge in [-0.1, -0.05) is 34.6 Å². The highest BCUT2D eigenvalue weighted by Gasteiger charge is 2.70. The fraction of sp³-hybridized carbons (Fsp3) is 0.792. The topological polar surface area (TPSA) is 123 Å². The van der Waals surface area contributed by atoms with E-state index in [1.807, 2.05) is 19.2 Å². The van der Waals surface area contributed by atoms with Gasteiger partial charge in [-0.2, -0.15) is 18.4 Å². The third-order valence-electron chi connectivity index (χ3n) is 8.01. The van der Waals surface area contributed by atoms with E-state index in [-0.39, 0.29) is 42.0 Å². The second-order valence-corrected chi connectivity index (χ2v) is 11.8. The molecule has 1 unspecified atom stereocenters. The van der Waals surface area contributed by atoms with E-state index in [2.05, 4.69) is 11.4 Å². The van der Waals surface area contributed by atoms with Gasteiger partial charge in [0.15, 0.2) is 0 Å². The quantitative estimate of drug-likeness (QED) is 0.576. The summed E-state index contributed by atoms with van der Waals surface area (Å²) in [6, 6.07) is -1.40. The van der Waals surface area contributed by atoms with E-state index >= 15 is 0 Å². The number of fused-ring (bicyclic) bond motifs is 1. The van der Waals surface area contributed by atoms with Gasteiger partial charge in [0.1, 0.15) is 18.1 Å². The minimum Gasteiger partial charge on any atom is -0.346 e. The van der Waals surface area contributed by atoms with Crippen molar-refractivity contribution in [1.29, 1.82) is 5.26 Å². The van der Waals surface area contributed by atoms with Crippen LogP contribution in [0.4, 0.5) is 13.2 Å². The van der Waals surface area contributed by atoms with E-state index in [0.29, 0.717) is 13.0 Å². The van der Waals surface area contributed by atoms with Crippen LogP contribution in [0.5, 0.6) is 0 Å². The van der Waals surface area contributed by atoms with Gasteiger partial charge >= 0.3 is 12.1 Å². The van der Waals surface area contributed by atoms with E-state index in [0.717, 1.165) is 0 Å². The summed E-state index contributed by atoms with van der Waals surface area (Å²) >= 11 is 0. The number of carbonyl (C=O) groups is 4. The summed E-state index contributed by atoms with van der Waals surface area (Å²) in [6.45, 7) is 9.12. The molecule has 9 nitrogen and oxygen atoms in total. The third-order valence-corrected chi connectivity index (χ3v) is 8.01. The van der Waals surface area contributed by atoms with Crippen LogP contribution >= 0.6 is 0 Å². The number of nitrogens with zero attached hydrogens (tertiary/aromatic N) is 3. The lowest BCUT2D eigenvalue weighted by Gasteiger charge is -2.38. The minimum absolute atomic E-state index is 0.0402. The van der Waals surface area contributed by atoms with Crippen LogP contribution in [0.2, 0.25) is 0 Å². The fourth-order valence-electron chi connectivity index (χ4n) is 5.59. The van der Waals surface area contributed by atoms with Crippen LogP contribution in [-0.2, 0) is 19.2 Å². The molecule has 2 saturated heterocycles. The maximum Gasteiger partial charge on any atom is 0.471 e. The first-order valence-corrected chi connectivity index (χ1v) is 12.0. The van der Waals surface area contributed by atoms with Gasteiger partial charge in [-0.3, -0.25) is 19.2 Å². The smallest absolute Gasteiger partial charge is 0.346 e. The summed E-state index contributed by atoms with van der Waals surface area (Å²) in [5.74, 6) is -4.36. The summed E-state index contributed by atoms with van der Waals surface area (Å²) in [5, 5.41) is 14.2. The lowest BCUT2D eigenvalue weighted by atomic mass is 9.85. The van der Waals surface area contributed by atoms with Crippen molar-refractivity contribution in [3.63, 3.8) is 0 Å². The number of carbonyl (C=O) groups excluding carboxylic acids is 4. The van der Waals surface area contributed by atoms with Gasteiger partial charge in [-0.25, -0.2) is 0 Å². The Morgan fingerprint density at radius 3 is 2.28 bits per heavy atom. The molecule has 3 rings (SSSR count). The molecule has 3 fully saturated rings. The first-order chi connectivity index (χ1) is 16.4. The van der Waals surface area contributed by atoms with Crippen molar-refractivity contribution in [2.45, 2.75) is 71.8 Å². The predicted molar refractivity (Wildman–Crippen MR) is 122 cm³/mol. The van der Waals surface area contributed by atoms with Gasteiger partial charge in [-0.15, -0.1) is 0 Å². The number of likely N-dealkylation sites (tertiary alicyclic amines) is 2. The van der Waals surface area contributed by atoms with E-state index in [4.69, 9.17) is 0 Å². The number of hydrogen-bond donors (Lipinski definition) is 2. The molecule has 0 aromatic carbocycles. The predicted octanol–water partition coefficient (Wildman–Crippen LogP) is 1.44. The Balaban J connectivity index is 1.83. The molecule has 6 atom stereocenters. The van der Waals surface area contributed by atoms with Gasteiger partial charge in [0.05, 0.1) is 6.07 Å². The summed E-state index contributed by atoms with van der Waals surface area (Å²) < 4.78 is 38.9. The second-order valence-electron chi connectivity index (χ2n) is 11.8. The first kappa shape index (κ1) is 27.7. The second kappa shape index (κ2) is 9.23. The van der Waals surface area contributed by atoms with Crippen LogP contribution < -0.4 is 10.6 Å². The van der Waals surface area contributed by atoms with Crippen molar-refractivity contribution in [1.82, 2.24) is 20.4 Å². The number of alkyl halides is 3. The van der Waals surface area contributed by atoms with Crippen molar-refractivity contribution in [3.8, 4) is 6.07 Å². The molecule has 2 aliphatic heterocycles. The number of piperidine rings is 2. The Morgan fingerprint density at radius 1 is 1.17 bits per heavy atom. The third kappa shape index (κ3) is 5.15. The lowest BCUT2D eigenvalue weighted by Crippen LogP contribution is -2.61. The number of rotatable bonds is 5. The normalized spacial score (nSPS) is 29.1. The van der Waals surface area contributed by atoms with Gasteiger partial charge in [0.2, 0.25) is 17.7 Å². The maximum atomic E-state index is 13.5. The number of hydrogen-bond acceptors (Lipinski definition) is 5. The fourth-order valence-corrected chi connectivity index (χ4v) is 5.59. The number of amides is 4. The van der Waals surface area contributed by atoms with Gasteiger partial charge in [-0.05, 0) is 29.1 Å². The van der Waals surface area contributed by atoms with Crippen molar-refractivity contribution in [2.75, 3.05) is 20.1 Å². The number of nitrogens with one attached hydrogen (secondary N) is 2. The van der Waals surface area contributed by atoms with E-state index in [1.54, 1.807) is 11.9 Å². The maximum absolute atomic E-state index is 13.5. The number of nitriles is 1. The Bertz CT molecular complexity index is 984. The Morgan fingerprint density at radius 2 is 1.78 bits per heavy atom. The van der Waals surface area contributed by atoms with Crippen LogP contribution in [0.25, 0.3) is 0 Å². The molecular formula is C24H34F3N5O4. The average molecular weight is 514 g/mol. The molecule has 1 saturated carbocycles. The van der Waals surface area contributed by atoms with Gasteiger partial charge in [0, 0.05) is 32.5 Å². The average Bonchev–Trinajstić information content (AvgIpc) is 3.09. The van der Waals surface area contributed by atoms with Crippen molar-refractivity contribution in [3.05, 3.63) is 0 Å². The van der Waals surface area contributed by atoms with Crippen LogP contribution in [0, 0.1) is 39.9 Å². The van der Waals surface area contributed by atoms with Gasteiger partial charge in [0.25, 0.3) is 0 Å². The SMILES string of the molecule is CN1CCC([C@@H](C#N)NC(=O)[C@@H]2[C@@H]3[C@H](CN2C(=O)[C@@H](NC(=O)C(F)(F)F)C(C)(C)C)C3(C)C)CC1=O. The summed E-state index contributed by atoms with van der Waals surface area (Å²) in [6.07, 6.45) is -4.53. The van der Waals surface area contributed by atoms with Crippen LogP contribution in [0.3, 0.4) is 0 Å². The Hall–Kier alpha value is -2.84. The summed E-state index contributed by atoms with van der Waals surface area (Å²) in [4.78, 5) is 53.6. The minimum atomic E-state index is -5.17. The molecular weight excluding hydrogens is 479 g/mol. The van der Waals surface area contributed by atoms with Crippen molar-refractivity contribution >= 4 is 23.6 Å². The molecule has 0 aromatic heterocycles. The molecule has 36 heavy (non-hydrogen) atoms. The molecule has 3 aliphatic rings. The van der Waals surface area contributed by atoms with Gasteiger partial charge < -0.3 is 20.4 Å². The molecule has 1 aliphatic carbocycles. The molecule has 0 radical (unpaired) electrons. The highest BCUT2D eigenvalue weighted by atomic mass is 19.4. The standard InChI is InChI=1S/C24H34F3N5O4/c1-22(2,3)18(30-21(36)24(25,26)27)20(35)32-11-13-16(23(13,4)5)17(32)19(34)29-14(10-28)12-7-8-31(6)15(33)9-12/h12-14,16-18H,7-9,11H2,1-6H3,(H,29,34)(H,30,36)/t12?,13-,14+,16-,17-,18+/m0/s1. The van der Waals surface area contributed by atoms with E-state index < -0.39 is 47.4 Å². The lowest BCUT2D eigenvalue weighted by molar-refractivity contribution is -0.176. The summed E-state index contributed by atoms with van der Waals surface area (Å²) in [7, 11) is 1.67. The summed E-state index contributed by atoms with van der Waals surface area (Å²) in [5.41, 5.74) is -1.33. The Kier molecular flexibility index (Phi) is 7.11. The molecule has 4 amide bonds. The zero-order valence-corrected chi connectivity index (χ0v) is 21.4. The number of halogens is 3. The van der Waals surface area contributed by atoms with E-state index in [9.17, 15) is 37.6 Å². The van der Waals surface area contributed by atoms with Crippen molar-refractivity contribution < 1.29 is 32.3 Å². The molecule has 2 heterocycles. The molecule has 200 valence electrons. The van der Waals surface area contributed by atoms with E-state index in [1.165, 1.54) is 25.7 Å². The molecule has 12 heteroatoms. The largest absolute Gasteiger partial charge is 0.471 e. The zero-order valence-electron chi connectivity index (χ0n) is 21.4. The molecule has 0 bridgehead atoms. The van der Waals surface area contributed by atoms with Crippen LogP contribution in [0.1, 0.15) is 47.5 Å². The highest BCUT2D eigenvalue weighted by Crippen LogP contribution is 2.65. The van der Waals surface area contributed by atoms with Crippen LogP contribution in [0.15, 0.2) is 0 Å². The molecule has 0 aromatic rings. The first-order valence-electron chi connectivity index (χ1n) is 12.0. The molecule has 0 spiro atoms. The van der Waals surface area contributed by atoms with Crippen LogP contribution in [-0.4, -0.2) is 77.9 Å². The monoisotopic (exact) mass is 513 g/mol. The van der Waals surface area contributed by atoms with Crippen molar-refractivity contribution in [2.24, 2.45) is 28.6 Å². The highest BCUT2D eigenvalue weighted by molar-refractivity contribution is 5.95. The Labute approximate surface area is 208 Å². The molecule has 2 N–H and O–H groups in total. The zero-order chi connectivity index (χ0) is 27.4.